The number of nitrogens with one attached hydrogen (secondary N) is 2. The third-order valence-electron chi connectivity index (χ3n) is 5.37. The molecule has 0 saturated carbocycles. The quantitative estimate of drug-likeness (QED) is 0.435. The maximum absolute atomic E-state index is 12.3. The molecule has 0 saturated heterocycles. The number of anilines is 2. The fourth-order valence-electron chi connectivity index (χ4n) is 3.72. The van der Waals surface area contributed by atoms with Crippen LogP contribution in [-0.4, -0.2) is 32.5 Å². The van der Waals surface area contributed by atoms with Crippen molar-refractivity contribution in [2.24, 2.45) is 4.99 Å². The standard InChI is InChI=1S/C25H23Cl2N3O3/c1-32-23-12-16-9-10-28-22(19(16)14-24(23)33-2)11-15-3-6-18(7-4-15)29-25(31)30-21-8-5-17(26)13-20(21)27/h3-8,12-14H,9-11H2,1-2H3,(H2,29,30,31). The van der Waals surface area contributed by atoms with Gasteiger partial charge in [0.25, 0.3) is 0 Å². The second kappa shape index (κ2) is 10.1. The molecule has 0 unspecified atom stereocenters. The molecule has 2 N–H and O–H groups in total. The lowest BCUT2D eigenvalue weighted by atomic mass is 9.93. The average molecular weight is 484 g/mol. The molecule has 0 atom stereocenters. The van der Waals surface area contributed by atoms with Crippen molar-refractivity contribution >= 4 is 46.3 Å². The second-order valence-corrected chi connectivity index (χ2v) is 8.36. The van der Waals surface area contributed by atoms with Gasteiger partial charge in [-0.3, -0.25) is 4.99 Å². The number of urea groups is 1. The summed E-state index contributed by atoms with van der Waals surface area (Å²) in [5.74, 6) is 1.42. The van der Waals surface area contributed by atoms with Crippen LogP contribution < -0.4 is 20.1 Å². The number of methoxy groups -OCH3 is 2. The smallest absolute Gasteiger partial charge is 0.323 e. The lowest BCUT2D eigenvalue weighted by Gasteiger charge is -2.20. The Bertz CT molecular complexity index is 1210. The lowest BCUT2D eigenvalue weighted by molar-refractivity contribution is 0.262. The predicted octanol–water partition coefficient (Wildman–Crippen LogP) is 6.24. The molecule has 3 aromatic rings. The Morgan fingerprint density at radius 1 is 0.970 bits per heavy atom. The molecule has 6 nitrogen and oxygen atoms in total. The number of ether oxygens (including phenoxy) is 2. The van der Waals surface area contributed by atoms with Crippen LogP contribution in [0.5, 0.6) is 11.5 Å². The molecule has 0 fully saturated rings. The maximum Gasteiger partial charge on any atom is 0.323 e. The van der Waals surface area contributed by atoms with Crippen LogP contribution in [0, 0.1) is 0 Å². The number of amides is 2. The second-order valence-electron chi connectivity index (χ2n) is 7.52. The number of aliphatic imine (C=N–C) groups is 1. The number of carbonyl (C=O) groups is 1. The molecule has 0 aromatic heterocycles. The Labute approximate surface area is 202 Å². The van der Waals surface area contributed by atoms with Crippen molar-refractivity contribution in [3.63, 3.8) is 0 Å². The summed E-state index contributed by atoms with van der Waals surface area (Å²) >= 11 is 12.0. The monoisotopic (exact) mass is 483 g/mol. The van der Waals surface area contributed by atoms with Crippen molar-refractivity contribution in [1.29, 1.82) is 0 Å². The number of rotatable bonds is 6. The molecule has 3 aromatic carbocycles. The summed E-state index contributed by atoms with van der Waals surface area (Å²) in [6.45, 7) is 0.741. The molecular formula is C25H23Cl2N3O3. The van der Waals surface area contributed by atoms with E-state index in [0.29, 0.717) is 33.6 Å². The molecule has 2 amide bonds. The van der Waals surface area contributed by atoms with Gasteiger partial charge in [-0.05, 0) is 60.0 Å². The lowest BCUT2D eigenvalue weighted by Crippen LogP contribution is -2.19. The molecule has 1 aliphatic rings. The first-order valence-electron chi connectivity index (χ1n) is 10.4. The summed E-state index contributed by atoms with van der Waals surface area (Å²) in [6, 6.07) is 16.2. The molecule has 0 radical (unpaired) electrons. The van der Waals surface area contributed by atoms with Gasteiger partial charge in [0.1, 0.15) is 0 Å². The number of halogens is 2. The number of nitrogens with zero attached hydrogens (tertiary/aromatic N) is 1. The minimum absolute atomic E-state index is 0.371. The fraction of sp³-hybridized carbons (Fsp3) is 0.200. The summed E-state index contributed by atoms with van der Waals surface area (Å²) in [5.41, 5.74) is 5.53. The topological polar surface area (TPSA) is 72.0 Å². The van der Waals surface area contributed by atoms with E-state index in [1.165, 1.54) is 5.56 Å². The minimum Gasteiger partial charge on any atom is -0.493 e. The molecule has 170 valence electrons. The van der Waals surface area contributed by atoms with E-state index in [4.69, 9.17) is 37.7 Å². The van der Waals surface area contributed by atoms with E-state index in [9.17, 15) is 4.79 Å². The van der Waals surface area contributed by atoms with Crippen LogP contribution in [0.15, 0.2) is 59.6 Å². The van der Waals surface area contributed by atoms with Gasteiger partial charge in [-0.15, -0.1) is 0 Å². The van der Waals surface area contributed by atoms with Crippen molar-refractivity contribution in [3.8, 4) is 11.5 Å². The molecule has 0 spiro atoms. The van der Waals surface area contributed by atoms with Crippen LogP contribution in [0.3, 0.4) is 0 Å². The van der Waals surface area contributed by atoms with E-state index in [1.807, 2.05) is 36.4 Å². The van der Waals surface area contributed by atoms with Crippen LogP contribution >= 0.6 is 23.2 Å². The zero-order valence-electron chi connectivity index (χ0n) is 18.2. The van der Waals surface area contributed by atoms with E-state index < -0.39 is 6.03 Å². The predicted molar refractivity (Wildman–Crippen MR) is 134 cm³/mol. The number of fused-ring (bicyclic) bond motifs is 1. The fourth-order valence-corrected chi connectivity index (χ4v) is 4.17. The number of hydrogen-bond acceptors (Lipinski definition) is 4. The Balaban J connectivity index is 1.43. The van der Waals surface area contributed by atoms with Gasteiger partial charge in [0.05, 0.1) is 24.9 Å². The molecular weight excluding hydrogens is 461 g/mol. The first kappa shape index (κ1) is 23.0. The van der Waals surface area contributed by atoms with E-state index in [2.05, 4.69) is 10.6 Å². The third kappa shape index (κ3) is 5.41. The normalized spacial score (nSPS) is 12.4. The largest absolute Gasteiger partial charge is 0.493 e. The van der Waals surface area contributed by atoms with Gasteiger partial charge in [0.15, 0.2) is 11.5 Å². The van der Waals surface area contributed by atoms with Gasteiger partial charge < -0.3 is 20.1 Å². The van der Waals surface area contributed by atoms with Crippen molar-refractivity contribution in [2.45, 2.75) is 12.8 Å². The van der Waals surface area contributed by atoms with E-state index in [0.717, 1.165) is 35.6 Å². The minimum atomic E-state index is -0.390. The highest BCUT2D eigenvalue weighted by Gasteiger charge is 2.19. The van der Waals surface area contributed by atoms with Crippen molar-refractivity contribution in [3.05, 3.63) is 81.3 Å². The summed E-state index contributed by atoms with van der Waals surface area (Å²) < 4.78 is 10.9. The Kier molecular flexibility index (Phi) is 7.06. The third-order valence-corrected chi connectivity index (χ3v) is 5.91. The van der Waals surface area contributed by atoms with Crippen molar-refractivity contribution < 1.29 is 14.3 Å². The van der Waals surface area contributed by atoms with Crippen LogP contribution in [-0.2, 0) is 12.8 Å². The Morgan fingerprint density at radius 3 is 2.39 bits per heavy atom. The highest BCUT2D eigenvalue weighted by Crippen LogP contribution is 2.33. The van der Waals surface area contributed by atoms with Gasteiger partial charge in [-0.1, -0.05) is 35.3 Å². The van der Waals surface area contributed by atoms with E-state index in [-0.39, 0.29) is 0 Å². The van der Waals surface area contributed by atoms with E-state index >= 15 is 0 Å². The zero-order chi connectivity index (χ0) is 23.4. The molecule has 1 heterocycles. The van der Waals surface area contributed by atoms with E-state index in [1.54, 1.807) is 32.4 Å². The number of hydrogen-bond donors (Lipinski definition) is 2. The van der Waals surface area contributed by atoms with Crippen LogP contribution in [0.4, 0.5) is 16.2 Å². The maximum atomic E-state index is 12.3. The van der Waals surface area contributed by atoms with Gasteiger partial charge in [0, 0.05) is 35.0 Å². The zero-order valence-corrected chi connectivity index (χ0v) is 19.8. The molecule has 8 heteroatoms. The molecule has 0 bridgehead atoms. The van der Waals surface area contributed by atoms with Crippen LogP contribution in [0.2, 0.25) is 10.0 Å². The van der Waals surface area contributed by atoms with Gasteiger partial charge in [0.2, 0.25) is 0 Å². The van der Waals surface area contributed by atoms with Crippen LogP contribution in [0.1, 0.15) is 16.7 Å². The van der Waals surface area contributed by atoms with Gasteiger partial charge in [-0.25, -0.2) is 4.79 Å². The summed E-state index contributed by atoms with van der Waals surface area (Å²) in [6.07, 6.45) is 1.55. The first-order chi connectivity index (χ1) is 16.0. The molecule has 1 aliphatic heterocycles. The average Bonchev–Trinajstić information content (AvgIpc) is 2.81. The summed E-state index contributed by atoms with van der Waals surface area (Å²) in [5, 5.41) is 6.39. The summed E-state index contributed by atoms with van der Waals surface area (Å²) in [7, 11) is 3.27. The Hall–Kier alpha value is -3.22. The molecule has 0 aliphatic carbocycles. The number of benzene rings is 3. The number of carbonyl (C=O) groups excluding carboxylic acids is 1. The van der Waals surface area contributed by atoms with Gasteiger partial charge >= 0.3 is 6.03 Å². The molecule has 4 rings (SSSR count). The Morgan fingerprint density at radius 2 is 1.70 bits per heavy atom. The molecule has 33 heavy (non-hydrogen) atoms. The van der Waals surface area contributed by atoms with Gasteiger partial charge in [-0.2, -0.15) is 0 Å². The summed E-state index contributed by atoms with van der Waals surface area (Å²) in [4.78, 5) is 17.1. The van der Waals surface area contributed by atoms with Crippen molar-refractivity contribution in [2.75, 3.05) is 31.4 Å². The van der Waals surface area contributed by atoms with Crippen LogP contribution in [0.25, 0.3) is 0 Å². The van der Waals surface area contributed by atoms with Crippen molar-refractivity contribution in [1.82, 2.24) is 0 Å². The highest BCUT2D eigenvalue weighted by atomic mass is 35.5. The first-order valence-corrected chi connectivity index (χ1v) is 11.1. The SMILES string of the molecule is COc1cc2c(cc1OC)C(Cc1ccc(NC(=O)Nc3ccc(Cl)cc3Cl)cc1)=NCC2. The highest BCUT2D eigenvalue weighted by molar-refractivity contribution is 6.36.